The van der Waals surface area contributed by atoms with Crippen molar-refractivity contribution in [2.24, 2.45) is 4.99 Å². The zero-order chi connectivity index (χ0) is 17.1. The number of esters is 1. The predicted molar refractivity (Wildman–Crippen MR) is 84.6 cm³/mol. The van der Waals surface area contributed by atoms with E-state index in [1.54, 1.807) is 18.3 Å². The van der Waals surface area contributed by atoms with Crippen LogP contribution < -0.4 is 4.74 Å². The van der Waals surface area contributed by atoms with Crippen LogP contribution >= 0.6 is 0 Å². The maximum absolute atomic E-state index is 13.2. The summed E-state index contributed by atoms with van der Waals surface area (Å²) in [4.78, 5) is 15.7. The number of aliphatic imine (C=N–C) groups is 1. The molecule has 1 atom stereocenters. The van der Waals surface area contributed by atoms with E-state index in [0.29, 0.717) is 5.75 Å². The third kappa shape index (κ3) is 3.10. The number of halogens is 1. The van der Waals surface area contributed by atoms with Gasteiger partial charge in [-0.15, -0.1) is 0 Å². The molecule has 0 amide bonds. The van der Waals surface area contributed by atoms with Crippen LogP contribution in [0.15, 0.2) is 41.4 Å². The van der Waals surface area contributed by atoms with Gasteiger partial charge < -0.3 is 9.47 Å². The second kappa shape index (κ2) is 6.50. The van der Waals surface area contributed by atoms with Gasteiger partial charge in [-0.2, -0.15) is 5.26 Å². The average molecular weight is 324 g/mol. The van der Waals surface area contributed by atoms with E-state index in [-0.39, 0.29) is 29.7 Å². The molecule has 120 valence electrons. The lowest BCUT2D eigenvalue weighted by molar-refractivity contribution is -0.141. The molecule has 0 radical (unpaired) electrons. The summed E-state index contributed by atoms with van der Waals surface area (Å²) in [5.41, 5.74) is 1.86. The van der Waals surface area contributed by atoms with Gasteiger partial charge in [0.05, 0.1) is 25.1 Å². The van der Waals surface area contributed by atoms with Gasteiger partial charge in [-0.1, -0.05) is 6.07 Å². The van der Waals surface area contributed by atoms with Crippen LogP contribution in [0.4, 0.5) is 4.39 Å². The topological polar surface area (TPSA) is 71.7 Å². The number of carbonyl (C=O) groups is 1. The van der Waals surface area contributed by atoms with Gasteiger partial charge in [0, 0.05) is 11.8 Å². The summed E-state index contributed by atoms with van der Waals surface area (Å²) < 4.78 is 23.5. The number of nitrogens with zero attached hydrogens (tertiary/aromatic N) is 2. The Balaban J connectivity index is 1.82. The van der Waals surface area contributed by atoms with E-state index in [1.165, 1.54) is 19.2 Å². The molecule has 2 aromatic carbocycles. The zero-order valence-corrected chi connectivity index (χ0v) is 12.8. The van der Waals surface area contributed by atoms with E-state index in [2.05, 4.69) is 9.73 Å². The summed E-state index contributed by atoms with van der Waals surface area (Å²) >= 11 is 0. The third-order valence-corrected chi connectivity index (χ3v) is 3.69. The summed E-state index contributed by atoms with van der Waals surface area (Å²) in [6.07, 6.45) is 1.85. The van der Waals surface area contributed by atoms with Crippen LogP contribution in [0, 0.1) is 17.1 Å². The molecular formula is C18H13FN2O3. The summed E-state index contributed by atoms with van der Waals surface area (Å²) in [5.74, 6) is -0.0390. The number of benzene rings is 2. The van der Waals surface area contributed by atoms with E-state index in [0.717, 1.165) is 17.2 Å². The van der Waals surface area contributed by atoms with Crippen LogP contribution in [0.1, 0.15) is 29.2 Å². The van der Waals surface area contributed by atoms with Crippen LogP contribution in [0.3, 0.4) is 0 Å². The molecule has 2 aromatic rings. The summed E-state index contributed by atoms with van der Waals surface area (Å²) in [6.45, 7) is 0. The van der Waals surface area contributed by atoms with E-state index in [4.69, 9.17) is 10.00 Å². The molecule has 3 rings (SSSR count). The SMILES string of the molecule is COC(=O)CC1N=Cc2cc(Oc3ccc(F)cc3C#N)ccc21. The van der Waals surface area contributed by atoms with E-state index < -0.39 is 5.82 Å². The van der Waals surface area contributed by atoms with Gasteiger partial charge in [-0.25, -0.2) is 4.39 Å². The third-order valence-electron chi connectivity index (χ3n) is 3.69. The number of fused-ring (bicyclic) bond motifs is 1. The van der Waals surface area contributed by atoms with E-state index >= 15 is 0 Å². The first kappa shape index (κ1) is 15.7. The lowest BCUT2D eigenvalue weighted by Gasteiger charge is -2.11. The summed E-state index contributed by atoms with van der Waals surface area (Å²) in [7, 11) is 1.34. The maximum Gasteiger partial charge on any atom is 0.308 e. The van der Waals surface area contributed by atoms with Gasteiger partial charge in [-0.3, -0.25) is 9.79 Å². The van der Waals surface area contributed by atoms with Crippen molar-refractivity contribution in [2.45, 2.75) is 12.5 Å². The van der Waals surface area contributed by atoms with Gasteiger partial charge in [0.25, 0.3) is 0 Å². The molecule has 1 aliphatic rings. The highest BCUT2D eigenvalue weighted by molar-refractivity contribution is 5.87. The number of carbonyl (C=O) groups excluding carboxylic acids is 1. The van der Waals surface area contributed by atoms with Crippen LogP contribution in [0.2, 0.25) is 0 Å². The highest BCUT2D eigenvalue weighted by Crippen LogP contribution is 2.34. The minimum atomic E-state index is -0.495. The molecule has 5 nitrogen and oxygen atoms in total. The maximum atomic E-state index is 13.2. The van der Waals surface area contributed by atoms with Crippen LogP contribution in [0.25, 0.3) is 0 Å². The lowest BCUT2D eigenvalue weighted by atomic mass is 10.0. The average Bonchev–Trinajstić information content (AvgIpc) is 2.98. The number of hydrogen-bond acceptors (Lipinski definition) is 5. The van der Waals surface area contributed by atoms with Crippen molar-refractivity contribution in [1.29, 1.82) is 5.26 Å². The van der Waals surface area contributed by atoms with Crippen molar-refractivity contribution in [3.63, 3.8) is 0 Å². The summed E-state index contributed by atoms with van der Waals surface area (Å²) in [6, 6.07) is 10.7. The number of methoxy groups -OCH3 is 1. The molecule has 0 fully saturated rings. The number of ether oxygens (including phenoxy) is 2. The van der Waals surface area contributed by atoms with Gasteiger partial charge in [0.15, 0.2) is 0 Å². The van der Waals surface area contributed by atoms with Crippen molar-refractivity contribution < 1.29 is 18.7 Å². The second-order valence-electron chi connectivity index (χ2n) is 5.22. The molecule has 0 saturated heterocycles. The van der Waals surface area contributed by atoms with Crippen molar-refractivity contribution in [3.05, 3.63) is 58.9 Å². The van der Waals surface area contributed by atoms with Crippen LogP contribution in [-0.4, -0.2) is 19.3 Å². The normalized spacial score (nSPS) is 14.8. The molecule has 1 aliphatic heterocycles. The molecule has 24 heavy (non-hydrogen) atoms. The largest absolute Gasteiger partial charge is 0.469 e. The first-order chi connectivity index (χ1) is 11.6. The van der Waals surface area contributed by atoms with Crippen LogP contribution in [-0.2, 0) is 9.53 Å². The second-order valence-corrected chi connectivity index (χ2v) is 5.22. The monoisotopic (exact) mass is 324 g/mol. The van der Waals surface area contributed by atoms with Crippen molar-refractivity contribution in [1.82, 2.24) is 0 Å². The fourth-order valence-corrected chi connectivity index (χ4v) is 2.49. The highest BCUT2D eigenvalue weighted by atomic mass is 19.1. The predicted octanol–water partition coefficient (Wildman–Crippen LogP) is 3.53. The summed E-state index contributed by atoms with van der Waals surface area (Å²) in [5, 5.41) is 9.06. The Morgan fingerprint density at radius 3 is 2.92 bits per heavy atom. The Morgan fingerprint density at radius 1 is 1.33 bits per heavy atom. The highest BCUT2D eigenvalue weighted by Gasteiger charge is 2.22. The Hall–Kier alpha value is -3.20. The minimum absolute atomic E-state index is 0.118. The van der Waals surface area contributed by atoms with Gasteiger partial charge in [0.2, 0.25) is 0 Å². The molecule has 0 bridgehead atoms. The molecule has 1 heterocycles. The smallest absolute Gasteiger partial charge is 0.308 e. The number of hydrogen-bond donors (Lipinski definition) is 0. The Bertz CT molecular complexity index is 871. The molecule has 0 N–H and O–H groups in total. The molecule has 1 unspecified atom stereocenters. The quantitative estimate of drug-likeness (QED) is 0.807. The molecule has 0 aromatic heterocycles. The van der Waals surface area contributed by atoms with Gasteiger partial charge >= 0.3 is 5.97 Å². The van der Waals surface area contributed by atoms with Crippen molar-refractivity contribution >= 4 is 12.2 Å². The molecule has 0 aliphatic carbocycles. The zero-order valence-electron chi connectivity index (χ0n) is 12.8. The van der Waals surface area contributed by atoms with Gasteiger partial charge in [-0.05, 0) is 35.9 Å². The van der Waals surface area contributed by atoms with E-state index in [9.17, 15) is 9.18 Å². The minimum Gasteiger partial charge on any atom is -0.469 e. The first-order valence-electron chi connectivity index (χ1n) is 7.22. The Labute approximate surface area is 138 Å². The molecular weight excluding hydrogens is 311 g/mol. The Morgan fingerprint density at radius 2 is 2.17 bits per heavy atom. The van der Waals surface area contributed by atoms with Gasteiger partial charge in [0.1, 0.15) is 23.4 Å². The Kier molecular flexibility index (Phi) is 4.25. The fraction of sp³-hybridized carbons (Fsp3) is 0.167. The first-order valence-corrected chi connectivity index (χ1v) is 7.22. The van der Waals surface area contributed by atoms with Crippen molar-refractivity contribution in [3.8, 4) is 17.6 Å². The van der Waals surface area contributed by atoms with Crippen molar-refractivity contribution in [2.75, 3.05) is 7.11 Å². The molecule has 6 heteroatoms. The number of rotatable bonds is 4. The standard InChI is InChI=1S/C18H13FN2O3/c1-23-18(22)8-16-15-4-3-14(7-12(15)10-21-16)24-17-5-2-13(19)6-11(17)9-20/h2-7,10,16H,8H2,1H3. The molecule has 0 spiro atoms. The van der Waals surface area contributed by atoms with Crippen LogP contribution in [0.5, 0.6) is 11.5 Å². The fourth-order valence-electron chi connectivity index (χ4n) is 2.49. The molecule has 0 saturated carbocycles. The number of nitriles is 1. The lowest BCUT2D eigenvalue weighted by Crippen LogP contribution is -2.05. The van der Waals surface area contributed by atoms with E-state index in [1.807, 2.05) is 12.1 Å².